The lowest BCUT2D eigenvalue weighted by Crippen LogP contribution is -2.38. The summed E-state index contributed by atoms with van der Waals surface area (Å²) >= 11 is 3.62. The van der Waals surface area contributed by atoms with Crippen molar-refractivity contribution < 1.29 is 0 Å². The molecule has 1 heterocycles. The number of nitrogens with zero attached hydrogens (tertiary/aromatic N) is 1. The minimum absolute atomic E-state index is 0.690. The van der Waals surface area contributed by atoms with E-state index in [1.165, 1.54) is 62.6 Å². The number of piperidine rings is 1. The summed E-state index contributed by atoms with van der Waals surface area (Å²) in [5, 5.41) is 3.50. The molecule has 0 radical (unpaired) electrons. The Labute approximate surface area is 136 Å². The lowest BCUT2D eigenvalue weighted by molar-refractivity contribution is 0.142. The number of nitrogens with one attached hydrogen (secondary N) is 1. The molecule has 0 aromatic heterocycles. The lowest BCUT2D eigenvalue weighted by atomic mass is 9.96. The zero-order valence-corrected chi connectivity index (χ0v) is 14.2. The van der Waals surface area contributed by atoms with Crippen LogP contribution in [0, 0.1) is 5.92 Å². The number of rotatable bonds is 4. The van der Waals surface area contributed by atoms with Crippen LogP contribution in [0.2, 0.25) is 0 Å². The molecule has 0 bridgehead atoms. The van der Waals surface area contributed by atoms with E-state index in [9.17, 15) is 0 Å². The molecule has 1 atom stereocenters. The van der Waals surface area contributed by atoms with Crippen molar-refractivity contribution in [3.63, 3.8) is 0 Å². The Morgan fingerprint density at radius 2 is 1.90 bits per heavy atom. The van der Waals surface area contributed by atoms with Gasteiger partial charge in [0.2, 0.25) is 0 Å². The molecule has 114 valence electrons. The molecular weight excluding hydrogens is 324 g/mol. The molecule has 0 spiro atoms. The molecule has 4 rings (SSSR count). The molecule has 1 saturated carbocycles. The standard InChI is InChI=1S/C18H25BrN2/c19-15-2-5-17-14(11-15)1-6-18(17)21(16-3-4-16)12-13-7-9-20-10-8-13/h2,5,11,13,16,18,20H,1,3-4,6-10,12H2. The van der Waals surface area contributed by atoms with Gasteiger partial charge in [-0.1, -0.05) is 22.0 Å². The summed E-state index contributed by atoms with van der Waals surface area (Å²) in [6, 6.07) is 8.50. The van der Waals surface area contributed by atoms with Crippen molar-refractivity contribution in [3.8, 4) is 0 Å². The van der Waals surface area contributed by atoms with Gasteiger partial charge in [0.05, 0.1) is 0 Å². The van der Waals surface area contributed by atoms with Gasteiger partial charge < -0.3 is 5.32 Å². The molecule has 1 unspecified atom stereocenters. The maximum atomic E-state index is 3.62. The van der Waals surface area contributed by atoms with Crippen molar-refractivity contribution in [3.05, 3.63) is 33.8 Å². The minimum atomic E-state index is 0.690. The molecule has 2 nitrogen and oxygen atoms in total. The molecule has 1 aromatic rings. The number of hydrogen-bond acceptors (Lipinski definition) is 2. The number of benzene rings is 1. The summed E-state index contributed by atoms with van der Waals surface area (Å²) in [4.78, 5) is 2.87. The van der Waals surface area contributed by atoms with Crippen molar-refractivity contribution in [1.29, 1.82) is 0 Å². The van der Waals surface area contributed by atoms with Crippen molar-refractivity contribution in [2.45, 2.75) is 50.6 Å². The predicted octanol–water partition coefficient (Wildman–Crippen LogP) is 3.90. The van der Waals surface area contributed by atoms with Gasteiger partial charge in [-0.3, -0.25) is 4.90 Å². The van der Waals surface area contributed by atoms with Gasteiger partial charge in [0.15, 0.2) is 0 Å². The highest BCUT2D eigenvalue weighted by Gasteiger charge is 2.38. The third-order valence-corrected chi connectivity index (χ3v) is 5.99. The predicted molar refractivity (Wildman–Crippen MR) is 90.5 cm³/mol. The molecule has 3 aliphatic rings. The smallest absolute Gasteiger partial charge is 0.0357 e. The van der Waals surface area contributed by atoms with E-state index in [0.29, 0.717) is 6.04 Å². The second-order valence-electron chi connectivity index (χ2n) is 7.02. The SMILES string of the molecule is Brc1ccc2c(c1)CCC2N(CC1CCNCC1)C1CC1. The zero-order valence-electron chi connectivity index (χ0n) is 12.7. The van der Waals surface area contributed by atoms with Gasteiger partial charge in [0, 0.05) is 23.1 Å². The van der Waals surface area contributed by atoms with Crippen LogP contribution in [0.5, 0.6) is 0 Å². The molecule has 1 N–H and O–H groups in total. The van der Waals surface area contributed by atoms with Gasteiger partial charge in [-0.25, -0.2) is 0 Å². The van der Waals surface area contributed by atoms with E-state index in [2.05, 4.69) is 44.3 Å². The monoisotopic (exact) mass is 348 g/mol. The van der Waals surface area contributed by atoms with Gasteiger partial charge >= 0.3 is 0 Å². The molecule has 3 heteroatoms. The first kappa shape index (κ1) is 14.2. The van der Waals surface area contributed by atoms with Gasteiger partial charge in [-0.2, -0.15) is 0 Å². The van der Waals surface area contributed by atoms with E-state index in [0.717, 1.165) is 12.0 Å². The number of hydrogen-bond donors (Lipinski definition) is 1. The van der Waals surface area contributed by atoms with E-state index in [-0.39, 0.29) is 0 Å². The fraction of sp³-hybridized carbons (Fsp3) is 0.667. The Balaban J connectivity index is 1.52. The van der Waals surface area contributed by atoms with Crippen LogP contribution < -0.4 is 5.32 Å². The highest BCUT2D eigenvalue weighted by atomic mass is 79.9. The second kappa shape index (κ2) is 6.02. The van der Waals surface area contributed by atoms with Gasteiger partial charge in [0.1, 0.15) is 0 Å². The van der Waals surface area contributed by atoms with Crippen LogP contribution in [-0.4, -0.2) is 30.6 Å². The van der Waals surface area contributed by atoms with E-state index in [1.807, 2.05) is 0 Å². The van der Waals surface area contributed by atoms with Gasteiger partial charge in [-0.15, -0.1) is 0 Å². The summed E-state index contributed by atoms with van der Waals surface area (Å²) in [6.07, 6.45) is 8.16. The van der Waals surface area contributed by atoms with Crippen LogP contribution in [0.15, 0.2) is 22.7 Å². The van der Waals surface area contributed by atoms with Crippen LogP contribution in [0.1, 0.15) is 49.3 Å². The van der Waals surface area contributed by atoms with Crippen LogP contribution in [0.25, 0.3) is 0 Å². The Morgan fingerprint density at radius 1 is 1.10 bits per heavy atom. The average Bonchev–Trinajstić information content (AvgIpc) is 3.26. The normalized spacial score (nSPS) is 26.3. The Bertz CT molecular complexity index is 506. The maximum Gasteiger partial charge on any atom is 0.0357 e. The molecule has 1 aliphatic heterocycles. The van der Waals surface area contributed by atoms with E-state index in [1.54, 1.807) is 11.1 Å². The third kappa shape index (κ3) is 3.06. The molecule has 2 aliphatic carbocycles. The Hall–Kier alpha value is -0.380. The third-order valence-electron chi connectivity index (χ3n) is 5.50. The van der Waals surface area contributed by atoms with E-state index < -0.39 is 0 Å². The van der Waals surface area contributed by atoms with Crippen LogP contribution in [-0.2, 0) is 6.42 Å². The van der Waals surface area contributed by atoms with E-state index >= 15 is 0 Å². The summed E-state index contributed by atoms with van der Waals surface area (Å²) < 4.78 is 1.23. The van der Waals surface area contributed by atoms with Crippen LogP contribution in [0.4, 0.5) is 0 Å². The lowest BCUT2D eigenvalue weighted by Gasteiger charge is -2.34. The fourth-order valence-electron chi connectivity index (χ4n) is 4.21. The first-order valence-corrected chi connectivity index (χ1v) is 9.35. The molecular formula is C18H25BrN2. The molecule has 2 fully saturated rings. The Kier molecular flexibility index (Phi) is 4.08. The minimum Gasteiger partial charge on any atom is -0.317 e. The zero-order chi connectivity index (χ0) is 14.2. The van der Waals surface area contributed by atoms with Crippen molar-refractivity contribution in [2.75, 3.05) is 19.6 Å². The van der Waals surface area contributed by atoms with E-state index in [4.69, 9.17) is 0 Å². The number of aryl methyl sites for hydroxylation is 1. The maximum absolute atomic E-state index is 3.62. The largest absolute Gasteiger partial charge is 0.317 e. The summed E-state index contributed by atoms with van der Waals surface area (Å²) in [5.74, 6) is 0.909. The van der Waals surface area contributed by atoms with Gasteiger partial charge in [-0.05, 0) is 80.8 Å². The summed E-state index contributed by atoms with van der Waals surface area (Å²) in [5.41, 5.74) is 3.18. The fourth-order valence-corrected chi connectivity index (χ4v) is 4.62. The first-order valence-electron chi connectivity index (χ1n) is 8.56. The molecule has 21 heavy (non-hydrogen) atoms. The highest BCUT2D eigenvalue weighted by Crippen LogP contribution is 2.43. The molecule has 1 saturated heterocycles. The molecule has 1 aromatic carbocycles. The average molecular weight is 349 g/mol. The van der Waals surface area contributed by atoms with Crippen molar-refractivity contribution >= 4 is 15.9 Å². The Morgan fingerprint density at radius 3 is 2.67 bits per heavy atom. The first-order chi connectivity index (χ1) is 10.3. The topological polar surface area (TPSA) is 15.3 Å². The quantitative estimate of drug-likeness (QED) is 0.887. The summed E-state index contributed by atoms with van der Waals surface area (Å²) in [7, 11) is 0. The molecule has 0 amide bonds. The van der Waals surface area contributed by atoms with Crippen molar-refractivity contribution in [1.82, 2.24) is 10.2 Å². The van der Waals surface area contributed by atoms with Gasteiger partial charge in [0.25, 0.3) is 0 Å². The number of fused-ring (bicyclic) bond motifs is 1. The number of halogens is 1. The van der Waals surface area contributed by atoms with Crippen LogP contribution >= 0.6 is 15.9 Å². The van der Waals surface area contributed by atoms with Crippen molar-refractivity contribution in [2.24, 2.45) is 5.92 Å². The second-order valence-corrected chi connectivity index (χ2v) is 7.93. The summed E-state index contributed by atoms with van der Waals surface area (Å²) in [6.45, 7) is 3.77. The highest BCUT2D eigenvalue weighted by molar-refractivity contribution is 9.10. The van der Waals surface area contributed by atoms with Crippen LogP contribution in [0.3, 0.4) is 0 Å².